The van der Waals surface area contributed by atoms with E-state index in [9.17, 15) is 0 Å². The first-order valence-electron chi connectivity index (χ1n) is 7.90. The number of aromatic nitrogens is 2. The highest BCUT2D eigenvalue weighted by Crippen LogP contribution is 2.19. The van der Waals surface area contributed by atoms with Gasteiger partial charge in [0.2, 0.25) is 0 Å². The molecule has 0 radical (unpaired) electrons. The number of nitrogens with zero attached hydrogens (tertiary/aromatic N) is 4. The maximum Gasteiger partial charge on any atom is 0.0669 e. The molecule has 22 heavy (non-hydrogen) atoms. The van der Waals surface area contributed by atoms with Gasteiger partial charge in [-0.3, -0.25) is 4.90 Å². The highest BCUT2D eigenvalue weighted by Gasteiger charge is 2.19. The second kappa shape index (κ2) is 6.33. The van der Waals surface area contributed by atoms with Crippen LogP contribution in [0.1, 0.15) is 29.8 Å². The Labute approximate surface area is 132 Å². The summed E-state index contributed by atoms with van der Waals surface area (Å²) in [4.78, 5) is 2.39. The molecule has 2 heterocycles. The minimum absolute atomic E-state index is 0.188. The van der Waals surface area contributed by atoms with Gasteiger partial charge in [-0.15, -0.1) is 0 Å². The molecule has 1 fully saturated rings. The first kappa shape index (κ1) is 14.8. The van der Waals surface area contributed by atoms with Crippen LogP contribution in [-0.2, 0) is 6.54 Å². The number of piperidine rings is 1. The van der Waals surface area contributed by atoms with E-state index in [0.717, 1.165) is 49.6 Å². The van der Waals surface area contributed by atoms with Crippen molar-refractivity contribution in [1.29, 1.82) is 5.26 Å². The molecule has 0 bridgehead atoms. The maximum atomic E-state index is 9.11. The van der Waals surface area contributed by atoms with Gasteiger partial charge in [-0.25, -0.2) is 4.68 Å². The minimum atomic E-state index is 0.188. The van der Waals surface area contributed by atoms with Crippen LogP contribution in [0.3, 0.4) is 0 Å². The van der Waals surface area contributed by atoms with Gasteiger partial charge in [0.05, 0.1) is 23.4 Å². The number of likely N-dealkylation sites (tertiary alicyclic amines) is 1. The summed E-state index contributed by atoms with van der Waals surface area (Å²) in [5.41, 5.74) is 4.58. The van der Waals surface area contributed by atoms with E-state index in [1.165, 1.54) is 5.56 Å². The molecule has 4 nitrogen and oxygen atoms in total. The number of rotatable bonds is 3. The van der Waals surface area contributed by atoms with Crippen LogP contribution in [0.2, 0.25) is 0 Å². The van der Waals surface area contributed by atoms with Crippen molar-refractivity contribution < 1.29 is 0 Å². The summed E-state index contributed by atoms with van der Waals surface area (Å²) >= 11 is 0. The summed E-state index contributed by atoms with van der Waals surface area (Å²) in [5.74, 6) is 0.188. The van der Waals surface area contributed by atoms with E-state index >= 15 is 0 Å². The molecule has 4 heteroatoms. The number of benzene rings is 1. The van der Waals surface area contributed by atoms with E-state index in [1.807, 2.05) is 11.6 Å². The summed E-state index contributed by atoms with van der Waals surface area (Å²) in [5, 5.41) is 13.7. The third-order valence-electron chi connectivity index (χ3n) is 4.26. The summed E-state index contributed by atoms with van der Waals surface area (Å²) < 4.78 is 1.99. The molecule has 0 amide bonds. The zero-order valence-electron chi connectivity index (χ0n) is 13.3. The first-order chi connectivity index (χ1) is 10.7. The zero-order chi connectivity index (χ0) is 15.5. The predicted molar refractivity (Wildman–Crippen MR) is 86.7 cm³/mol. The molecule has 0 N–H and O–H groups in total. The Morgan fingerprint density at radius 1 is 1.32 bits per heavy atom. The normalized spacial score (nSPS) is 19.0. The largest absolute Gasteiger partial charge is 0.298 e. The summed E-state index contributed by atoms with van der Waals surface area (Å²) in [6.07, 6.45) is 2.16. The molecule has 0 aliphatic carbocycles. The molecule has 2 aromatic rings. The van der Waals surface area contributed by atoms with Crippen LogP contribution in [0.5, 0.6) is 0 Å². The molecule has 1 aliphatic rings. The summed E-state index contributed by atoms with van der Waals surface area (Å²) in [6.45, 7) is 6.98. The average Bonchev–Trinajstić information content (AvgIpc) is 2.86. The smallest absolute Gasteiger partial charge is 0.0669 e. The van der Waals surface area contributed by atoms with Crippen molar-refractivity contribution in [3.63, 3.8) is 0 Å². The summed E-state index contributed by atoms with van der Waals surface area (Å²) in [6, 6.07) is 13.0. The Morgan fingerprint density at radius 2 is 2.18 bits per heavy atom. The highest BCUT2D eigenvalue weighted by molar-refractivity contribution is 5.37. The van der Waals surface area contributed by atoms with Crippen molar-refractivity contribution in [3.8, 4) is 11.8 Å². The average molecular weight is 294 g/mol. The molecular formula is C18H22N4. The van der Waals surface area contributed by atoms with Crippen LogP contribution in [0.4, 0.5) is 0 Å². The second-order valence-electron chi connectivity index (χ2n) is 6.21. The van der Waals surface area contributed by atoms with Crippen molar-refractivity contribution in [2.75, 3.05) is 13.1 Å². The molecule has 0 spiro atoms. The van der Waals surface area contributed by atoms with Crippen LogP contribution >= 0.6 is 0 Å². The molecule has 1 aromatic heterocycles. The van der Waals surface area contributed by atoms with Crippen LogP contribution in [0, 0.1) is 31.1 Å². The van der Waals surface area contributed by atoms with Gasteiger partial charge >= 0.3 is 0 Å². The lowest BCUT2D eigenvalue weighted by atomic mass is 9.99. The lowest BCUT2D eigenvalue weighted by Gasteiger charge is -2.29. The lowest BCUT2D eigenvalue weighted by molar-refractivity contribution is 0.192. The first-order valence-corrected chi connectivity index (χ1v) is 7.90. The Morgan fingerprint density at radius 3 is 2.91 bits per heavy atom. The molecule has 1 aliphatic heterocycles. The van der Waals surface area contributed by atoms with E-state index in [0.29, 0.717) is 0 Å². The Balaban J connectivity index is 1.77. The Bertz CT molecular complexity index is 695. The SMILES string of the molecule is Cc1cc(C)n(-c2cccc(CN3CCCC(C#N)C3)c2)n1. The molecule has 3 rings (SSSR count). The van der Waals surface area contributed by atoms with Crippen molar-refractivity contribution in [2.24, 2.45) is 5.92 Å². The Hall–Kier alpha value is -2.12. The number of aryl methyl sites for hydroxylation is 2. The topological polar surface area (TPSA) is 44.9 Å². The highest BCUT2D eigenvalue weighted by atomic mass is 15.3. The van der Waals surface area contributed by atoms with Crippen LogP contribution < -0.4 is 0 Å². The van der Waals surface area contributed by atoms with Crippen LogP contribution in [0.25, 0.3) is 5.69 Å². The van der Waals surface area contributed by atoms with Crippen LogP contribution in [-0.4, -0.2) is 27.8 Å². The molecule has 1 atom stereocenters. The van der Waals surface area contributed by atoms with Gasteiger partial charge < -0.3 is 0 Å². The molecule has 1 saturated heterocycles. The molecular weight excluding hydrogens is 272 g/mol. The molecule has 1 unspecified atom stereocenters. The maximum absolute atomic E-state index is 9.11. The number of hydrogen-bond donors (Lipinski definition) is 0. The van der Waals surface area contributed by atoms with Gasteiger partial charge in [0.1, 0.15) is 0 Å². The van der Waals surface area contributed by atoms with Crippen molar-refractivity contribution in [2.45, 2.75) is 33.2 Å². The predicted octanol–water partition coefficient (Wildman–Crippen LogP) is 3.22. The van der Waals surface area contributed by atoms with Crippen molar-refractivity contribution in [3.05, 3.63) is 47.3 Å². The third kappa shape index (κ3) is 3.20. The van der Waals surface area contributed by atoms with Crippen molar-refractivity contribution >= 4 is 0 Å². The number of nitriles is 1. The standard InChI is InChI=1S/C18H22N4/c1-14-9-15(2)22(20-14)18-7-3-5-16(10-18)12-21-8-4-6-17(11-19)13-21/h3,5,7,9-10,17H,4,6,8,12-13H2,1-2H3. The molecule has 114 valence electrons. The van der Waals surface area contributed by atoms with E-state index in [-0.39, 0.29) is 5.92 Å². The monoisotopic (exact) mass is 294 g/mol. The van der Waals surface area contributed by atoms with Gasteiger partial charge in [0, 0.05) is 18.8 Å². The van der Waals surface area contributed by atoms with Gasteiger partial charge in [-0.1, -0.05) is 12.1 Å². The third-order valence-corrected chi connectivity index (χ3v) is 4.26. The Kier molecular flexibility index (Phi) is 4.26. The van der Waals surface area contributed by atoms with E-state index in [1.54, 1.807) is 0 Å². The van der Waals surface area contributed by atoms with Gasteiger partial charge in [0.25, 0.3) is 0 Å². The second-order valence-corrected chi connectivity index (χ2v) is 6.21. The number of hydrogen-bond acceptors (Lipinski definition) is 3. The van der Waals surface area contributed by atoms with Gasteiger partial charge in [-0.05, 0) is 57.0 Å². The molecule has 1 aromatic carbocycles. The van der Waals surface area contributed by atoms with E-state index in [2.05, 4.69) is 53.3 Å². The molecule has 0 saturated carbocycles. The van der Waals surface area contributed by atoms with E-state index in [4.69, 9.17) is 5.26 Å². The van der Waals surface area contributed by atoms with Gasteiger partial charge in [-0.2, -0.15) is 10.4 Å². The van der Waals surface area contributed by atoms with Crippen LogP contribution in [0.15, 0.2) is 30.3 Å². The van der Waals surface area contributed by atoms with Crippen molar-refractivity contribution in [1.82, 2.24) is 14.7 Å². The fourth-order valence-corrected chi connectivity index (χ4v) is 3.24. The summed E-state index contributed by atoms with van der Waals surface area (Å²) in [7, 11) is 0. The lowest BCUT2D eigenvalue weighted by Crippen LogP contribution is -2.34. The van der Waals surface area contributed by atoms with Gasteiger partial charge in [0.15, 0.2) is 0 Å². The van der Waals surface area contributed by atoms with E-state index < -0.39 is 0 Å². The zero-order valence-corrected chi connectivity index (χ0v) is 13.3. The minimum Gasteiger partial charge on any atom is -0.298 e. The fourth-order valence-electron chi connectivity index (χ4n) is 3.24. The fraction of sp³-hybridized carbons (Fsp3) is 0.444. The quantitative estimate of drug-likeness (QED) is 0.873.